The van der Waals surface area contributed by atoms with Crippen molar-refractivity contribution < 1.29 is 0 Å². The second-order valence-electron chi connectivity index (χ2n) is 1.08. The molecule has 0 nitrogen and oxygen atoms in total. The molecule has 0 heterocycles. The molecule has 0 rings (SSSR count). The van der Waals surface area contributed by atoms with Crippen molar-refractivity contribution in [2.45, 2.75) is 27.7 Å². The third-order valence-corrected chi connectivity index (χ3v) is 0.250. The molecule has 0 atom stereocenters. The lowest BCUT2D eigenvalue weighted by Gasteiger charge is -1.40. The molecule has 0 aliphatic heterocycles. The van der Waals surface area contributed by atoms with Crippen LogP contribution >= 0.6 is 0 Å². The Hall–Kier alpha value is -1.32. The summed E-state index contributed by atoms with van der Waals surface area (Å²) in [6.07, 6.45) is 9.19. The molecule has 0 fully saturated rings. The lowest BCUT2D eigenvalue weighted by atomic mass is 10.7. The van der Waals surface area contributed by atoms with Crippen molar-refractivity contribution in [1.82, 2.24) is 0 Å². The summed E-state index contributed by atoms with van der Waals surface area (Å²) in [5.74, 6) is 9.86. The Morgan fingerprint density at radius 1 is 0.700 bits per heavy atom. The average Bonchev–Trinajstić information content (AvgIpc) is 1.91. The Labute approximate surface area is 65.0 Å². The molecule has 0 aliphatic carbocycles. The highest BCUT2D eigenvalue weighted by Gasteiger charge is 1.26. The van der Waals surface area contributed by atoms with E-state index in [1.54, 1.807) is 13.8 Å². The van der Waals surface area contributed by atoms with Crippen LogP contribution in [0.3, 0.4) is 0 Å². The van der Waals surface area contributed by atoms with Gasteiger partial charge in [-0.3, -0.25) is 0 Å². The van der Waals surface area contributed by atoms with Crippen molar-refractivity contribution in [3.05, 3.63) is 0 Å². The minimum absolute atomic E-state index is 1.65. The van der Waals surface area contributed by atoms with Crippen molar-refractivity contribution >= 4 is 0 Å². The summed E-state index contributed by atoms with van der Waals surface area (Å²) >= 11 is 0. The van der Waals surface area contributed by atoms with E-state index in [4.69, 9.17) is 0 Å². The van der Waals surface area contributed by atoms with Gasteiger partial charge in [-0.1, -0.05) is 0 Å². The summed E-state index contributed by atoms with van der Waals surface area (Å²) in [5.41, 5.74) is 0. The van der Waals surface area contributed by atoms with Crippen molar-refractivity contribution in [2.75, 3.05) is 0 Å². The largest absolute Gasteiger partial charge is 0.120 e. The fourth-order valence-corrected chi connectivity index (χ4v) is 0. The van der Waals surface area contributed by atoms with Crippen LogP contribution in [-0.4, -0.2) is 0 Å². The van der Waals surface area contributed by atoms with E-state index in [1.807, 2.05) is 13.8 Å². The highest BCUT2D eigenvalue weighted by Crippen LogP contribution is 1.39. The third kappa shape index (κ3) is 2100. The van der Waals surface area contributed by atoms with Gasteiger partial charge in [-0.15, -0.1) is 36.5 Å². The Morgan fingerprint density at radius 3 is 0.800 bits per heavy atom. The first-order valence-corrected chi connectivity index (χ1v) is 2.83. The molecule has 0 N–H and O–H groups in total. The molecule has 0 aromatic carbocycles. The monoisotopic (exact) mass is 134 g/mol. The van der Waals surface area contributed by atoms with E-state index in [0.717, 1.165) is 0 Å². The lowest BCUT2D eigenvalue weighted by molar-refractivity contribution is 1.83. The van der Waals surface area contributed by atoms with E-state index >= 15 is 0 Å². The molecular weight excluding hydrogens is 120 g/mol. The van der Waals surface area contributed by atoms with Crippen molar-refractivity contribution in [3.8, 4) is 36.5 Å². The smallest absolute Gasteiger partial charge is 0.00271 e. The predicted molar refractivity (Wildman–Crippen MR) is 48.1 cm³/mol. The van der Waals surface area contributed by atoms with Crippen molar-refractivity contribution in [3.63, 3.8) is 0 Å². The second kappa shape index (κ2) is 47.7. The van der Waals surface area contributed by atoms with E-state index < -0.39 is 0 Å². The van der Waals surface area contributed by atoms with Gasteiger partial charge in [0, 0.05) is 0 Å². The molecule has 0 aromatic heterocycles. The number of terminal acetylenes is 2. The van der Waals surface area contributed by atoms with Gasteiger partial charge >= 0.3 is 0 Å². The first-order chi connectivity index (χ1) is 4.74. The van der Waals surface area contributed by atoms with E-state index in [-0.39, 0.29) is 0 Å². The molecule has 0 spiro atoms. The number of hydrogen-bond acceptors (Lipinski definition) is 0. The highest BCUT2D eigenvalue weighted by molar-refractivity contribution is 4.89. The van der Waals surface area contributed by atoms with Crippen LogP contribution in [0.1, 0.15) is 27.7 Å². The van der Waals surface area contributed by atoms with Crippen LogP contribution in [0.5, 0.6) is 0 Å². The summed E-state index contributed by atoms with van der Waals surface area (Å²) in [5, 5.41) is 0. The zero-order valence-corrected chi connectivity index (χ0v) is 7.15. The fraction of sp³-hybridized carbons (Fsp3) is 0.400. The molecule has 0 bridgehead atoms. The molecule has 0 aliphatic rings. The lowest BCUT2D eigenvalue weighted by Crippen LogP contribution is -1.28. The first kappa shape index (κ1) is 15.9. The second-order valence-corrected chi connectivity index (χ2v) is 1.08. The minimum Gasteiger partial charge on any atom is -0.120 e. The van der Waals surface area contributed by atoms with E-state index in [0.29, 0.717) is 0 Å². The summed E-state index contributed by atoms with van der Waals surface area (Å²) in [4.78, 5) is 0. The highest BCUT2D eigenvalue weighted by atomic mass is 13.3. The Morgan fingerprint density at radius 2 is 0.800 bits per heavy atom. The minimum atomic E-state index is 1.65. The van der Waals surface area contributed by atoms with Crippen molar-refractivity contribution in [1.29, 1.82) is 0 Å². The summed E-state index contributed by atoms with van der Waals surface area (Å²) in [7, 11) is 0. The zero-order chi connectivity index (χ0) is 8.83. The van der Waals surface area contributed by atoms with Crippen LogP contribution in [0.2, 0.25) is 0 Å². The third-order valence-electron chi connectivity index (χ3n) is 0.250. The maximum atomic E-state index is 4.60. The molecule has 0 amide bonds. The summed E-state index contributed by atoms with van der Waals surface area (Å²) in [6, 6.07) is 0. The Bertz CT molecular complexity index is 133. The molecule has 54 valence electrons. The molecular formula is C10H14. The standard InChI is InChI=1S/C4H6.2C3H4/c1-3-4-2;2*1-3-2/h1-2H3;2*1H,2H3. The number of hydrogen-bond donors (Lipinski definition) is 0. The van der Waals surface area contributed by atoms with Crippen LogP contribution < -0.4 is 0 Å². The summed E-state index contributed by atoms with van der Waals surface area (Å²) in [6.45, 7) is 6.94. The Balaban J connectivity index is -0.0000000750. The quantitative estimate of drug-likeness (QED) is 0.446. The van der Waals surface area contributed by atoms with E-state index in [9.17, 15) is 0 Å². The SMILES string of the molecule is C#CC.C#CC.CC#CC. The van der Waals surface area contributed by atoms with Gasteiger partial charge < -0.3 is 0 Å². The fourth-order valence-electron chi connectivity index (χ4n) is 0. The summed E-state index contributed by atoms with van der Waals surface area (Å²) < 4.78 is 0. The van der Waals surface area contributed by atoms with Gasteiger partial charge in [-0.25, -0.2) is 0 Å². The van der Waals surface area contributed by atoms with Gasteiger partial charge in [0.1, 0.15) is 0 Å². The Kier molecular flexibility index (Phi) is 75.7. The molecule has 0 saturated heterocycles. The van der Waals surface area contributed by atoms with E-state index in [1.165, 1.54) is 0 Å². The topological polar surface area (TPSA) is 0 Å². The molecule has 0 saturated carbocycles. The zero-order valence-electron chi connectivity index (χ0n) is 7.15. The van der Waals surface area contributed by atoms with Crippen LogP contribution in [0.25, 0.3) is 0 Å². The van der Waals surface area contributed by atoms with Gasteiger partial charge in [0.15, 0.2) is 0 Å². The van der Waals surface area contributed by atoms with Gasteiger partial charge in [-0.05, 0) is 27.7 Å². The van der Waals surface area contributed by atoms with Gasteiger partial charge in [-0.2, -0.15) is 0 Å². The van der Waals surface area contributed by atoms with Crippen LogP contribution in [0, 0.1) is 36.5 Å². The van der Waals surface area contributed by atoms with Crippen LogP contribution in [0.4, 0.5) is 0 Å². The maximum absolute atomic E-state index is 4.60. The molecule has 10 heavy (non-hydrogen) atoms. The number of rotatable bonds is 0. The average molecular weight is 134 g/mol. The molecule has 0 aromatic rings. The van der Waals surface area contributed by atoms with Crippen LogP contribution in [-0.2, 0) is 0 Å². The molecule has 0 unspecified atom stereocenters. The predicted octanol–water partition coefficient (Wildman–Crippen LogP) is 2.31. The molecule has 0 heteroatoms. The first-order valence-electron chi connectivity index (χ1n) is 2.83. The van der Waals surface area contributed by atoms with Crippen molar-refractivity contribution in [2.24, 2.45) is 0 Å². The van der Waals surface area contributed by atoms with Gasteiger partial charge in [0.05, 0.1) is 0 Å². The van der Waals surface area contributed by atoms with Gasteiger partial charge in [0.2, 0.25) is 0 Å². The van der Waals surface area contributed by atoms with Gasteiger partial charge in [0.25, 0.3) is 0 Å². The van der Waals surface area contributed by atoms with Crippen LogP contribution in [0.15, 0.2) is 0 Å². The van der Waals surface area contributed by atoms with E-state index in [2.05, 4.69) is 36.5 Å². The molecule has 0 radical (unpaired) electrons. The normalized spacial score (nSPS) is 3.00. The maximum Gasteiger partial charge on any atom is -0.00271 e.